The number of aliphatic hydroxyl groups excluding tert-OH is 1. The molecular weight excluding hydrogens is 238 g/mol. The van der Waals surface area contributed by atoms with Gasteiger partial charge in [-0.25, -0.2) is 0 Å². The van der Waals surface area contributed by atoms with E-state index in [1.807, 2.05) is 0 Å². The Hall–Kier alpha value is -0.120. The maximum absolute atomic E-state index is 9.36. The number of rotatable bonds is 3. The molecule has 3 heteroatoms. The lowest BCUT2D eigenvalue weighted by molar-refractivity contribution is -0.0857. The van der Waals surface area contributed by atoms with Crippen molar-refractivity contribution in [3.05, 3.63) is 0 Å². The van der Waals surface area contributed by atoms with Crippen molar-refractivity contribution in [1.29, 1.82) is 0 Å². The van der Waals surface area contributed by atoms with Gasteiger partial charge in [0.05, 0.1) is 18.8 Å². The van der Waals surface area contributed by atoms with Gasteiger partial charge in [-0.3, -0.25) is 0 Å². The molecule has 3 aliphatic rings. The van der Waals surface area contributed by atoms with Crippen molar-refractivity contribution in [1.82, 2.24) is 0 Å². The largest absolute Gasteiger partial charge is 0.394 e. The van der Waals surface area contributed by atoms with Gasteiger partial charge in [0.25, 0.3) is 0 Å². The minimum Gasteiger partial charge on any atom is -0.394 e. The van der Waals surface area contributed by atoms with E-state index in [9.17, 15) is 5.11 Å². The van der Waals surface area contributed by atoms with Gasteiger partial charge in [-0.05, 0) is 55.3 Å². The Kier molecular flexibility index (Phi) is 3.05. The Morgan fingerprint density at radius 1 is 1.21 bits per heavy atom. The summed E-state index contributed by atoms with van der Waals surface area (Å²) in [4.78, 5) is 0. The van der Waals surface area contributed by atoms with E-state index in [0.717, 1.165) is 25.2 Å². The second-order valence-electron chi connectivity index (χ2n) is 8.12. The fourth-order valence-electron chi connectivity index (χ4n) is 4.93. The van der Waals surface area contributed by atoms with E-state index in [1.165, 1.54) is 19.3 Å². The first-order valence-corrected chi connectivity index (χ1v) is 7.86. The van der Waals surface area contributed by atoms with Crippen LogP contribution in [0.4, 0.5) is 0 Å². The van der Waals surface area contributed by atoms with Gasteiger partial charge in [0.1, 0.15) is 0 Å². The zero-order valence-electron chi connectivity index (χ0n) is 12.6. The third-order valence-electron chi connectivity index (χ3n) is 6.98. The van der Waals surface area contributed by atoms with Crippen LogP contribution in [0.1, 0.15) is 59.3 Å². The summed E-state index contributed by atoms with van der Waals surface area (Å²) in [6, 6.07) is 0. The summed E-state index contributed by atoms with van der Waals surface area (Å²) in [5.41, 5.74) is 6.50. The molecule has 3 fully saturated rings. The molecule has 0 heterocycles. The second kappa shape index (κ2) is 4.19. The van der Waals surface area contributed by atoms with Crippen molar-refractivity contribution < 1.29 is 9.84 Å². The Balaban J connectivity index is 1.67. The van der Waals surface area contributed by atoms with Gasteiger partial charge in [0.15, 0.2) is 0 Å². The van der Waals surface area contributed by atoms with Crippen LogP contribution in [-0.2, 0) is 4.74 Å². The maximum atomic E-state index is 9.36. The fraction of sp³-hybridized carbons (Fsp3) is 1.00. The van der Waals surface area contributed by atoms with E-state index in [-0.39, 0.29) is 12.7 Å². The quantitative estimate of drug-likeness (QED) is 0.826. The first kappa shape index (κ1) is 13.8. The van der Waals surface area contributed by atoms with Crippen molar-refractivity contribution in [2.45, 2.75) is 77.0 Å². The highest BCUT2D eigenvalue weighted by atomic mass is 16.5. The minimum absolute atomic E-state index is 0.0862. The Labute approximate surface area is 116 Å². The average molecular weight is 267 g/mol. The van der Waals surface area contributed by atoms with Crippen LogP contribution in [0.2, 0.25) is 0 Å². The summed E-state index contributed by atoms with van der Waals surface area (Å²) in [5, 5.41) is 9.36. The predicted molar refractivity (Wildman–Crippen MR) is 75.7 cm³/mol. The van der Waals surface area contributed by atoms with Crippen LogP contribution in [0.25, 0.3) is 0 Å². The summed E-state index contributed by atoms with van der Waals surface area (Å²) in [7, 11) is 0. The molecule has 3 nitrogen and oxygen atoms in total. The predicted octanol–water partition coefficient (Wildman–Crippen LogP) is 2.46. The molecule has 0 saturated heterocycles. The Morgan fingerprint density at radius 2 is 1.95 bits per heavy atom. The van der Waals surface area contributed by atoms with Crippen molar-refractivity contribution in [3.63, 3.8) is 0 Å². The lowest BCUT2D eigenvalue weighted by Gasteiger charge is -2.40. The number of ether oxygens (including phenoxy) is 1. The third-order valence-corrected chi connectivity index (χ3v) is 6.98. The summed E-state index contributed by atoms with van der Waals surface area (Å²) < 4.78 is 6.45. The number of hydrogen-bond acceptors (Lipinski definition) is 3. The molecule has 110 valence electrons. The van der Waals surface area contributed by atoms with Crippen LogP contribution in [0.15, 0.2) is 0 Å². The number of nitrogens with two attached hydrogens (primary N) is 1. The molecule has 0 radical (unpaired) electrons. The highest BCUT2D eigenvalue weighted by Gasteiger charge is 2.62. The molecule has 0 aliphatic heterocycles. The highest BCUT2D eigenvalue weighted by molar-refractivity contribution is 5.11. The molecule has 0 aromatic rings. The van der Waals surface area contributed by atoms with Gasteiger partial charge in [-0.15, -0.1) is 0 Å². The van der Waals surface area contributed by atoms with Crippen LogP contribution in [0.5, 0.6) is 0 Å². The fourth-order valence-corrected chi connectivity index (χ4v) is 4.93. The van der Waals surface area contributed by atoms with E-state index >= 15 is 0 Å². The molecule has 19 heavy (non-hydrogen) atoms. The second-order valence-corrected chi connectivity index (χ2v) is 8.12. The Bertz CT molecular complexity index is 370. The molecule has 5 atom stereocenters. The normalized spacial score (nSPS) is 51.9. The minimum atomic E-state index is -0.390. The van der Waals surface area contributed by atoms with Crippen LogP contribution >= 0.6 is 0 Å². The SMILES string of the molecule is CC1(C)C2CCC1(C)C(OC1CCC(N)(CO)C1)C2. The van der Waals surface area contributed by atoms with Gasteiger partial charge in [0, 0.05) is 5.54 Å². The summed E-state index contributed by atoms with van der Waals surface area (Å²) in [5.74, 6) is 0.823. The van der Waals surface area contributed by atoms with Gasteiger partial charge >= 0.3 is 0 Å². The molecule has 3 N–H and O–H groups in total. The first-order valence-electron chi connectivity index (χ1n) is 7.86. The number of aliphatic hydroxyl groups is 1. The molecule has 0 aromatic heterocycles. The number of hydrogen-bond donors (Lipinski definition) is 2. The molecule has 2 bridgehead atoms. The first-order chi connectivity index (χ1) is 8.81. The molecule has 0 aromatic carbocycles. The Morgan fingerprint density at radius 3 is 2.42 bits per heavy atom. The van der Waals surface area contributed by atoms with E-state index < -0.39 is 5.54 Å². The summed E-state index contributed by atoms with van der Waals surface area (Å²) in [6.45, 7) is 7.34. The van der Waals surface area contributed by atoms with E-state index in [2.05, 4.69) is 20.8 Å². The lowest BCUT2D eigenvalue weighted by atomic mass is 9.70. The van der Waals surface area contributed by atoms with Crippen molar-refractivity contribution in [2.75, 3.05) is 6.61 Å². The van der Waals surface area contributed by atoms with Gasteiger partial charge in [-0.1, -0.05) is 20.8 Å². The van der Waals surface area contributed by atoms with Crippen LogP contribution in [-0.4, -0.2) is 29.5 Å². The molecule has 3 saturated carbocycles. The number of fused-ring (bicyclic) bond motifs is 2. The van der Waals surface area contributed by atoms with Gasteiger partial charge in [-0.2, -0.15) is 0 Å². The third kappa shape index (κ3) is 1.89. The molecule has 0 spiro atoms. The maximum Gasteiger partial charge on any atom is 0.0640 e. The standard InChI is InChI=1S/C16H29NO2/c1-14(2)11-4-6-15(14,3)13(8-11)19-12-5-7-16(17,9-12)10-18/h11-13,18H,4-10,17H2,1-3H3. The topological polar surface area (TPSA) is 55.5 Å². The average Bonchev–Trinajstić information content (AvgIpc) is 2.89. The van der Waals surface area contributed by atoms with Crippen molar-refractivity contribution in [3.8, 4) is 0 Å². The van der Waals surface area contributed by atoms with Crippen molar-refractivity contribution in [2.24, 2.45) is 22.5 Å². The van der Waals surface area contributed by atoms with Gasteiger partial charge in [0.2, 0.25) is 0 Å². The molecule has 3 aliphatic carbocycles. The lowest BCUT2D eigenvalue weighted by Crippen LogP contribution is -2.43. The molecule has 3 rings (SSSR count). The summed E-state index contributed by atoms with van der Waals surface area (Å²) >= 11 is 0. The highest BCUT2D eigenvalue weighted by Crippen LogP contribution is 2.66. The smallest absolute Gasteiger partial charge is 0.0640 e. The molecule has 5 unspecified atom stereocenters. The zero-order valence-corrected chi connectivity index (χ0v) is 12.6. The van der Waals surface area contributed by atoms with E-state index in [4.69, 9.17) is 10.5 Å². The molecule has 0 amide bonds. The van der Waals surface area contributed by atoms with E-state index in [1.54, 1.807) is 0 Å². The molecular formula is C16H29NO2. The zero-order chi connectivity index (χ0) is 13.9. The van der Waals surface area contributed by atoms with E-state index in [0.29, 0.717) is 16.9 Å². The van der Waals surface area contributed by atoms with Gasteiger partial charge < -0.3 is 15.6 Å². The van der Waals surface area contributed by atoms with Crippen molar-refractivity contribution >= 4 is 0 Å². The monoisotopic (exact) mass is 267 g/mol. The van der Waals surface area contributed by atoms with Crippen LogP contribution < -0.4 is 5.73 Å². The van der Waals surface area contributed by atoms with Crippen LogP contribution in [0, 0.1) is 16.7 Å². The summed E-state index contributed by atoms with van der Waals surface area (Å²) in [6.07, 6.45) is 7.26. The van der Waals surface area contributed by atoms with Crippen LogP contribution in [0.3, 0.4) is 0 Å².